The van der Waals surface area contributed by atoms with Crippen molar-refractivity contribution in [1.82, 2.24) is 9.55 Å². The molecule has 0 spiro atoms. The maximum Gasteiger partial charge on any atom is 0.354 e. The molecule has 6 nitrogen and oxygen atoms in total. The molecule has 0 amide bonds. The summed E-state index contributed by atoms with van der Waals surface area (Å²) in [6.45, 7) is 1.62. The Morgan fingerprint density at radius 2 is 1.60 bits per heavy atom. The molecule has 0 aliphatic heterocycles. The Hall–Kier alpha value is -4.07. The number of carboxylic acids is 1. The van der Waals surface area contributed by atoms with Crippen LogP contribution in [0.2, 0.25) is 0 Å². The second kappa shape index (κ2) is 7.40. The number of nitrogens with one attached hydrogen (secondary N) is 1. The van der Waals surface area contributed by atoms with E-state index in [1.165, 1.54) is 65.2 Å². The van der Waals surface area contributed by atoms with Gasteiger partial charge in [0.15, 0.2) is 16.8 Å². The zero-order chi connectivity index (χ0) is 21.4. The number of hydrogen-bond acceptors (Lipinski definition) is 4. The number of aromatic carboxylic acids is 1. The molecule has 0 saturated heterocycles. The lowest BCUT2D eigenvalue weighted by molar-refractivity contribution is 0.0690. The highest BCUT2D eigenvalue weighted by Crippen LogP contribution is 2.26. The molecule has 4 rings (SSSR count). The van der Waals surface area contributed by atoms with Gasteiger partial charge in [-0.15, -0.1) is 0 Å². The normalized spacial score (nSPS) is 10.9. The van der Waals surface area contributed by atoms with E-state index >= 15 is 0 Å². The van der Waals surface area contributed by atoms with Crippen molar-refractivity contribution in [3.05, 3.63) is 93.8 Å². The molecule has 2 N–H and O–H groups in total. The number of rotatable bonds is 4. The fourth-order valence-corrected chi connectivity index (χ4v) is 3.23. The first kappa shape index (κ1) is 19.3. The quantitative estimate of drug-likeness (QED) is 0.523. The van der Waals surface area contributed by atoms with Crippen molar-refractivity contribution in [3.8, 4) is 5.69 Å². The van der Waals surface area contributed by atoms with Crippen LogP contribution in [0.15, 0.2) is 65.5 Å². The third kappa shape index (κ3) is 3.50. The number of fused-ring (bicyclic) bond motifs is 1. The van der Waals surface area contributed by atoms with Crippen LogP contribution < -0.4 is 10.7 Å². The molecule has 0 unspecified atom stereocenters. The lowest BCUT2D eigenvalue weighted by atomic mass is 10.1. The first-order chi connectivity index (χ1) is 14.3. The largest absolute Gasteiger partial charge is 0.477 e. The van der Waals surface area contributed by atoms with Gasteiger partial charge in [-0.3, -0.25) is 9.36 Å². The van der Waals surface area contributed by atoms with Gasteiger partial charge in [0.1, 0.15) is 17.5 Å². The van der Waals surface area contributed by atoms with Gasteiger partial charge in [0.2, 0.25) is 0 Å². The van der Waals surface area contributed by atoms with E-state index in [2.05, 4.69) is 10.3 Å². The van der Waals surface area contributed by atoms with Crippen LogP contribution >= 0.6 is 0 Å². The Balaban J connectivity index is 2.05. The fourth-order valence-electron chi connectivity index (χ4n) is 3.23. The van der Waals surface area contributed by atoms with Crippen LogP contribution in [0.1, 0.15) is 16.1 Å². The number of halogens is 2. The maximum atomic E-state index is 13.5. The van der Waals surface area contributed by atoms with Crippen molar-refractivity contribution in [3.63, 3.8) is 0 Å². The van der Waals surface area contributed by atoms with Crippen molar-refractivity contribution < 1.29 is 18.7 Å². The van der Waals surface area contributed by atoms with Crippen LogP contribution in [0.3, 0.4) is 0 Å². The summed E-state index contributed by atoms with van der Waals surface area (Å²) in [6, 6.07) is 13.6. The third-order valence-corrected chi connectivity index (χ3v) is 4.59. The molecule has 4 aromatic rings. The van der Waals surface area contributed by atoms with E-state index in [4.69, 9.17) is 0 Å². The Labute approximate surface area is 169 Å². The second-order valence-corrected chi connectivity index (χ2v) is 6.67. The summed E-state index contributed by atoms with van der Waals surface area (Å²) in [4.78, 5) is 28.5. The number of benzene rings is 2. The van der Waals surface area contributed by atoms with Crippen LogP contribution in [-0.4, -0.2) is 20.6 Å². The van der Waals surface area contributed by atoms with E-state index in [1.54, 1.807) is 6.92 Å². The molecule has 2 heterocycles. The van der Waals surface area contributed by atoms with Crippen LogP contribution in [0.4, 0.5) is 20.3 Å². The van der Waals surface area contributed by atoms with Gasteiger partial charge in [-0.05, 0) is 67.1 Å². The standard InChI is InChI=1S/C22H15F2N3O3/c1-12-10-17(22(29)30)26-21-20(12)18(28)11-19(25-15-6-2-13(23)3-7-15)27(21)16-8-4-14(24)5-9-16/h2-11,25H,1H3,(H,29,30). The highest BCUT2D eigenvalue weighted by Gasteiger charge is 2.18. The highest BCUT2D eigenvalue weighted by atomic mass is 19.1. The molecule has 0 fully saturated rings. The predicted octanol–water partition coefficient (Wildman–Crippen LogP) is 4.41. The van der Waals surface area contributed by atoms with Crippen LogP contribution in [0.5, 0.6) is 0 Å². The van der Waals surface area contributed by atoms with Gasteiger partial charge in [0.05, 0.1) is 5.39 Å². The van der Waals surface area contributed by atoms with Gasteiger partial charge in [-0.1, -0.05) is 0 Å². The number of nitrogens with zero attached hydrogens (tertiary/aromatic N) is 2. The Kier molecular flexibility index (Phi) is 4.75. The van der Waals surface area contributed by atoms with E-state index in [1.807, 2.05) is 0 Å². The average Bonchev–Trinajstić information content (AvgIpc) is 2.70. The number of hydrogen-bond donors (Lipinski definition) is 2. The van der Waals surface area contributed by atoms with E-state index in [-0.39, 0.29) is 28.0 Å². The molecule has 0 radical (unpaired) electrons. The fraction of sp³-hybridized carbons (Fsp3) is 0.0455. The first-order valence-electron chi connectivity index (χ1n) is 8.93. The van der Waals surface area contributed by atoms with Gasteiger partial charge >= 0.3 is 5.97 Å². The zero-order valence-corrected chi connectivity index (χ0v) is 15.7. The SMILES string of the molecule is Cc1cc(C(=O)O)nc2c1c(=O)cc(Nc1ccc(F)cc1)n2-c1ccc(F)cc1. The molecule has 0 bridgehead atoms. The Bertz CT molecular complexity index is 1330. The minimum Gasteiger partial charge on any atom is -0.477 e. The average molecular weight is 407 g/mol. The number of carbonyl (C=O) groups is 1. The van der Waals surface area contributed by atoms with E-state index in [0.717, 1.165) is 0 Å². The van der Waals surface area contributed by atoms with E-state index in [9.17, 15) is 23.5 Å². The minimum absolute atomic E-state index is 0.108. The number of aromatic nitrogens is 2. The first-order valence-corrected chi connectivity index (χ1v) is 8.93. The monoisotopic (exact) mass is 407 g/mol. The molecular formula is C22H15F2N3O3. The second-order valence-electron chi connectivity index (χ2n) is 6.67. The predicted molar refractivity (Wildman–Crippen MR) is 109 cm³/mol. The molecular weight excluding hydrogens is 392 g/mol. The number of anilines is 2. The molecule has 0 aliphatic rings. The Morgan fingerprint density at radius 3 is 2.20 bits per heavy atom. The van der Waals surface area contributed by atoms with Crippen LogP contribution in [0, 0.1) is 18.6 Å². The summed E-state index contributed by atoms with van der Waals surface area (Å²) in [7, 11) is 0. The zero-order valence-electron chi connectivity index (χ0n) is 15.7. The van der Waals surface area contributed by atoms with Crippen molar-refractivity contribution >= 4 is 28.5 Å². The van der Waals surface area contributed by atoms with Crippen molar-refractivity contribution in [2.24, 2.45) is 0 Å². The van der Waals surface area contributed by atoms with Gasteiger partial charge in [0, 0.05) is 17.4 Å². The summed E-state index contributed by atoms with van der Waals surface area (Å²) in [5, 5.41) is 12.7. The van der Waals surface area contributed by atoms with Crippen LogP contribution in [0.25, 0.3) is 16.7 Å². The molecule has 0 saturated carbocycles. The van der Waals surface area contributed by atoms with E-state index in [0.29, 0.717) is 16.9 Å². The molecule has 2 aromatic heterocycles. The molecule has 0 aliphatic carbocycles. The van der Waals surface area contributed by atoms with E-state index < -0.39 is 17.6 Å². The molecule has 2 aromatic carbocycles. The summed E-state index contributed by atoms with van der Waals surface area (Å²) >= 11 is 0. The van der Waals surface area contributed by atoms with Crippen LogP contribution in [-0.2, 0) is 0 Å². The maximum absolute atomic E-state index is 13.5. The number of carboxylic acid groups (broad SMARTS) is 1. The number of aryl methyl sites for hydroxylation is 1. The summed E-state index contributed by atoms with van der Waals surface area (Å²) in [5.41, 5.74) is 0.921. The highest BCUT2D eigenvalue weighted by molar-refractivity contribution is 5.91. The summed E-state index contributed by atoms with van der Waals surface area (Å²) in [6.07, 6.45) is 0. The van der Waals surface area contributed by atoms with Gasteiger partial charge in [-0.2, -0.15) is 0 Å². The van der Waals surface area contributed by atoms with Crippen molar-refractivity contribution in [1.29, 1.82) is 0 Å². The van der Waals surface area contributed by atoms with Gasteiger partial charge < -0.3 is 10.4 Å². The third-order valence-electron chi connectivity index (χ3n) is 4.59. The lowest BCUT2D eigenvalue weighted by Gasteiger charge is -2.18. The molecule has 30 heavy (non-hydrogen) atoms. The molecule has 8 heteroatoms. The minimum atomic E-state index is -1.24. The van der Waals surface area contributed by atoms with Crippen molar-refractivity contribution in [2.45, 2.75) is 6.92 Å². The van der Waals surface area contributed by atoms with Gasteiger partial charge in [-0.25, -0.2) is 18.6 Å². The molecule has 150 valence electrons. The summed E-state index contributed by atoms with van der Waals surface area (Å²) in [5.74, 6) is -1.85. The smallest absolute Gasteiger partial charge is 0.354 e. The Morgan fingerprint density at radius 1 is 1.00 bits per heavy atom. The lowest BCUT2D eigenvalue weighted by Crippen LogP contribution is -2.16. The number of pyridine rings is 2. The summed E-state index contributed by atoms with van der Waals surface area (Å²) < 4.78 is 28.3. The topological polar surface area (TPSA) is 84.2 Å². The van der Waals surface area contributed by atoms with Gasteiger partial charge in [0.25, 0.3) is 0 Å². The van der Waals surface area contributed by atoms with Crippen molar-refractivity contribution in [2.75, 3.05) is 5.32 Å². The molecule has 0 atom stereocenters.